The Kier molecular flexibility index (Phi) is 5.25. The molecule has 0 saturated heterocycles. The van der Waals surface area contributed by atoms with E-state index in [0.29, 0.717) is 18.8 Å². The minimum Gasteiger partial charge on any atom is -0.491 e. The maximum absolute atomic E-state index is 11.3. The van der Waals surface area contributed by atoms with E-state index in [2.05, 4.69) is 26.2 Å². The summed E-state index contributed by atoms with van der Waals surface area (Å²) in [5.41, 5.74) is 0. The summed E-state index contributed by atoms with van der Waals surface area (Å²) in [5, 5.41) is 2.80. The van der Waals surface area contributed by atoms with Gasteiger partial charge in [0.1, 0.15) is 5.75 Å². The van der Waals surface area contributed by atoms with E-state index in [0.717, 1.165) is 4.47 Å². The van der Waals surface area contributed by atoms with Gasteiger partial charge < -0.3 is 10.1 Å². The van der Waals surface area contributed by atoms with E-state index in [1.807, 2.05) is 19.9 Å². The van der Waals surface area contributed by atoms with Gasteiger partial charge in [-0.2, -0.15) is 0 Å². The van der Waals surface area contributed by atoms with Gasteiger partial charge in [0.25, 0.3) is 0 Å². The lowest BCUT2D eigenvalue weighted by Crippen LogP contribution is -2.31. The van der Waals surface area contributed by atoms with Gasteiger partial charge in [-0.15, -0.1) is 0 Å². The number of hydrogen-bond acceptors (Lipinski definition) is 3. The van der Waals surface area contributed by atoms with Crippen LogP contribution >= 0.6 is 15.9 Å². The van der Waals surface area contributed by atoms with Gasteiger partial charge in [0.15, 0.2) is 0 Å². The predicted molar refractivity (Wildman–Crippen MR) is 65.3 cm³/mol. The Hall–Kier alpha value is -1.10. The number of ether oxygens (including phenoxy) is 1. The largest absolute Gasteiger partial charge is 0.491 e. The molecule has 1 aromatic heterocycles. The predicted octanol–water partition coefficient (Wildman–Crippen LogP) is 2.14. The average molecular weight is 287 g/mol. The highest BCUT2D eigenvalue weighted by atomic mass is 79.9. The fourth-order valence-corrected chi connectivity index (χ4v) is 1.47. The molecule has 0 aromatic carbocycles. The first kappa shape index (κ1) is 13.0. The van der Waals surface area contributed by atoms with Gasteiger partial charge in [-0.25, -0.2) is 0 Å². The second-order valence-corrected chi connectivity index (χ2v) is 4.58. The number of carbonyl (C=O) groups excluding carboxylic acids is 1. The standard InChI is InChI=1S/C11H15BrN2O2/c1-8(2)14-11(15)3-4-16-10-5-9(12)6-13-7-10/h5-8H,3-4H2,1-2H3,(H,14,15). The van der Waals surface area contributed by atoms with Crippen LogP contribution in [0.25, 0.3) is 0 Å². The second-order valence-electron chi connectivity index (χ2n) is 3.66. The maximum Gasteiger partial charge on any atom is 0.223 e. The second kappa shape index (κ2) is 6.48. The molecule has 1 aromatic rings. The zero-order valence-electron chi connectivity index (χ0n) is 9.37. The normalized spacial score (nSPS) is 10.2. The number of nitrogens with zero attached hydrogens (tertiary/aromatic N) is 1. The Labute approximate surface area is 104 Å². The quantitative estimate of drug-likeness (QED) is 0.902. The number of rotatable bonds is 5. The Morgan fingerprint density at radius 1 is 1.56 bits per heavy atom. The molecule has 0 unspecified atom stereocenters. The summed E-state index contributed by atoms with van der Waals surface area (Å²) in [6, 6.07) is 1.98. The average Bonchev–Trinajstić information content (AvgIpc) is 2.16. The molecule has 0 atom stereocenters. The molecule has 0 radical (unpaired) electrons. The van der Waals surface area contributed by atoms with Crippen molar-refractivity contribution in [1.82, 2.24) is 10.3 Å². The van der Waals surface area contributed by atoms with Crippen molar-refractivity contribution in [2.45, 2.75) is 26.3 Å². The SMILES string of the molecule is CC(C)NC(=O)CCOc1cncc(Br)c1. The lowest BCUT2D eigenvalue weighted by atomic mass is 10.3. The summed E-state index contributed by atoms with van der Waals surface area (Å²) >= 11 is 3.29. The molecule has 1 rings (SSSR count). The third-order valence-corrected chi connectivity index (χ3v) is 2.16. The van der Waals surface area contributed by atoms with Gasteiger partial charge in [0, 0.05) is 16.7 Å². The minimum atomic E-state index is -0.00189. The maximum atomic E-state index is 11.3. The highest BCUT2D eigenvalue weighted by Gasteiger charge is 2.03. The lowest BCUT2D eigenvalue weighted by Gasteiger charge is -2.09. The zero-order chi connectivity index (χ0) is 12.0. The van der Waals surface area contributed by atoms with Crippen LogP contribution in [0.15, 0.2) is 22.9 Å². The Balaban J connectivity index is 2.28. The van der Waals surface area contributed by atoms with Gasteiger partial charge in [0.05, 0.1) is 19.2 Å². The molecule has 0 aliphatic rings. The molecule has 88 valence electrons. The Bertz CT molecular complexity index is 356. The van der Waals surface area contributed by atoms with Gasteiger partial charge in [-0.05, 0) is 35.8 Å². The van der Waals surface area contributed by atoms with Crippen molar-refractivity contribution in [2.75, 3.05) is 6.61 Å². The summed E-state index contributed by atoms with van der Waals surface area (Å²) in [4.78, 5) is 15.3. The third kappa shape index (κ3) is 5.11. The summed E-state index contributed by atoms with van der Waals surface area (Å²) in [6.45, 7) is 4.21. The van der Waals surface area contributed by atoms with Gasteiger partial charge in [0.2, 0.25) is 5.91 Å². The lowest BCUT2D eigenvalue weighted by molar-refractivity contribution is -0.122. The van der Waals surface area contributed by atoms with Crippen molar-refractivity contribution in [3.05, 3.63) is 22.9 Å². The van der Waals surface area contributed by atoms with Crippen molar-refractivity contribution >= 4 is 21.8 Å². The van der Waals surface area contributed by atoms with Crippen LogP contribution in [0.5, 0.6) is 5.75 Å². The number of aromatic nitrogens is 1. The highest BCUT2D eigenvalue weighted by Crippen LogP contribution is 2.15. The first-order chi connectivity index (χ1) is 7.58. The van der Waals surface area contributed by atoms with E-state index >= 15 is 0 Å². The molecule has 0 bridgehead atoms. The van der Waals surface area contributed by atoms with Gasteiger partial charge >= 0.3 is 0 Å². The molecule has 0 spiro atoms. The smallest absolute Gasteiger partial charge is 0.223 e. The first-order valence-corrected chi connectivity index (χ1v) is 5.90. The summed E-state index contributed by atoms with van der Waals surface area (Å²) in [7, 11) is 0. The van der Waals surface area contributed by atoms with E-state index in [-0.39, 0.29) is 11.9 Å². The van der Waals surface area contributed by atoms with E-state index < -0.39 is 0 Å². The molecular formula is C11H15BrN2O2. The summed E-state index contributed by atoms with van der Waals surface area (Å²) < 4.78 is 6.24. The highest BCUT2D eigenvalue weighted by molar-refractivity contribution is 9.10. The van der Waals surface area contributed by atoms with Crippen molar-refractivity contribution < 1.29 is 9.53 Å². The van der Waals surface area contributed by atoms with Gasteiger partial charge in [-0.3, -0.25) is 9.78 Å². The monoisotopic (exact) mass is 286 g/mol. The molecular weight excluding hydrogens is 272 g/mol. The number of pyridine rings is 1. The number of nitrogens with one attached hydrogen (secondary N) is 1. The topological polar surface area (TPSA) is 51.2 Å². The van der Waals surface area contributed by atoms with E-state index in [9.17, 15) is 4.79 Å². The van der Waals surface area contributed by atoms with Crippen LogP contribution < -0.4 is 10.1 Å². The first-order valence-electron chi connectivity index (χ1n) is 5.10. The Morgan fingerprint density at radius 2 is 2.31 bits per heavy atom. The van der Waals surface area contributed by atoms with E-state index in [1.54, 1.807) is 12.4 Å². The van der Waals surface area contributed by atoms with Crippen LogP contribution in [0.3, 0.4) is 0 Å². The molecule has 0 fully saturated rings. The van der Waals surface area contributed by atoms with E-state index in [1.165, 1.54) is 0 Å². The molecule has 0 aliphatic heterocycles. The van der Waals surface area contributed by atoms with Crippen LogP contribution in [-0.4, -0.2) is 23.5 Å². The van der Waals surface area contributed by atoms with Crippen LogP contribution in [0, 0.1) is 0 Å². The number of carbonyl (C=O) groups is 1. The fraction of sp³-hybridized carbons (Fsp3) is 0.455. The van der Waals surface area contributed by atoms with Crippen LogP contribution in [-0.2, 0) is 4.79 Å². The van der Waals surface area contributed by atoms with Crippen LogP contribution in [0.1, 0.15) is 20.3 Å². The molecule has 16 heavy (non-hydrogen) atoms. The molecule has 5 heteroatoms. The van der Waals surface area contributed by atoms with Crippen LogP contribution in [0.2, 0.25) is 0 Å². The van der Waals surface area contributed by atoms with Gasteiger partial charge in [-0.1, -0.05) is 0 Å². The molecule has 1 amide bonds. The van der Waals surface area contributed by atoms with E-state index in [4.69, 9.17) is 4.74 Å². The molecule has 1 N–H and O–H groups in total. The fourth-order valence-electron chi connectivity index (χ4n) is 1.13. The third-order valence-electron chi connectivity index (χ3n) is 1.73. The molecule has 0 saturated carbocycles. The number of amides is 1. The van der Waals surface area contributed by atoms with Crippen molar-refractivity contribution in [2.24, 2.45) is 0 Å². The summed E-state index contributed by atoms with van der Waals surface area (Å²) in [6.07, 6.45) is 3.65. The molecule has 1 heterocycles. The van der Waals surface area contributed by atoms with Crippen LogP contribution in [0.4, 0.5) is 0 Å². The minimum absolute atomic E-state index is 0.00189. The van der Waals surface area contributed by atoms with Crippen molar-refractivity contribution in [3.8, 4) is 5.75 Å². The molecule has 0 aliphatic carbocycles. The number of halogens is 1. The number of hydrogen-bond donors (Lipinski definition) is 1. The Morgan fingerprint density at radius 3 is 2.94 bits per heavy atom. The molecule has 4 nitrogen and oxygen atoms in total. The zero-order valence-corrected chi connectivity index (χ0v) is 11.0. The summed E-state index contributed by atoms with van der Waals surface area (Å²) in [5.74, 6) is 0.657. The van der Waals surface area contributed by atoms with Crippen molar-refractivity contribution in [1.29, 1.82) is 0 Å². The van der Waals surface area contributed by atoms with Crippen molar-refractivity contribution in [3.63, 3.8) is 0 Å².